The Morgan fingerprint density at radius 3 is 1.85 bits per heavy atom. The lowest BCUT2D eigenvalue weighted by Crippen LogP contribution is -2.59. The fourth-order valence-corrected chi connectivity index (χ4v) is 3.75. The summed E-state index contributed by atoms with van der Waals surface area (Å²) in [5.41, 5.74) is 6.68. The molecule has 0 radical (unpaired) electrons. The first-order valence-corrected chi connectivity index (χ1v) is 12.8. The van der Waals surface area contributed by atoms with Crippen molar-refractivity contribution in [2.75, 3.05) is 12.0 Å². The lowest BCUT2D eigenvalue weighted by molar-refractivity contribution is -0.142. The van der Waals surface area contributed by atoms with Crippen molar-refractivity contribution < 1.29 is 24.3 Å². The Bertz CT molecular complexity index is 819. The van der Waals surface area contributed by atoms with Crippen molar-refractivity contribution in [2.45, 2.75) is 64.7 Å². The van der Waals surface area contributed by atoms with Crippen molar-refractivity contribution >= 4 is 35.5 Å². The van der Waals surface area contributed by atoms with Crippen molar-refractivity contribution in [1.82, 2.24) is 16.0 Å². The average Bonchev–Trinajstić information content (AvgIpc) is 2.78. The SMILES string of the molecule is CSCCC(N)C(=O)NC(C(=O)NC(C(=O)NC(Cc1ccccc1)C(=O)O)C(C)C)C(C)C. The summed E-state index contributed by atoms with van der Waals surface area (Å²) in [5, 5.41) is 17.5. The van der Waals surface area contributed by atoms with Gasteiger partial charge in [-0.05, 0) is 35.8 Å². The van der Waals surface area contributed by atoms with Crippen molar-refractivity contribution in [3.05, 3.63) is 35.9 Å². The van der Waals surface area contributed by atoms with Gasteiger partial charge in [-0.2, -0.15) is 11.8 Å². The van der Waals surface area contributed by atoms with E-state index in [0.717, 1.165) is 11.3 Å². The Hall–Kier alpha value is -2.59. The molecule has 0 aromatic heterocycles. The fraction of sp³-hybridized carbons (Fsp3) is 0.583. The summed E-state index contributed by atoms with van der Waals surface area (Å²) in [6, 6.07) is 5.22. The Morgan fingerprint density at radius 1 is 0.882 bits per heavy atom. The zero-order chi connectivity index (χ0) is 25.8. The van der Waals surface area contributed by atoms with Crippen LogP contribution in [0.15, 0.2) is 30.3 Å². The molecule has 0 bridgehead atoms. The van der Waals surface area contributed by atoms with E-state index in [2.05, 4.69) is 16.0 Å². The maximum atomic E-state index is 13.0. The first kappa shape index (κ1) is 29.4. The lowest BCUT2D eigenvalue weighted by Gasteiger charge is -2.28. The maximum Gasteiger partial charge on any atom is 0.326 e. The van der Waals surface area contributed by atoms with E-state index in [4.69, 9.17) is 5.73 Å². The number of nitrogens with one attached hydrogen (secondary N) is 3. The van der Waals surface area contributed by atoms with Gasteiger partial charge < -0.3 is 26.8 Å². The van der Waals surface area contributed by atoms with Gasteiger partial charge in [-0.25, -0.2) is 4.79 Å². The number of benzene rings is 1. The summed E-state index contributed by atoms with van der Waals surface area (Å²) in [7, 11) is 0. The minimum Gasteiger partial charge on any atom is -0.480 e. The summed E-state index contributed by atoms with van der Waals surface area (Å²) in [5.74, 6) is -2.57. The van der Waals surface area contributed by atoms with Crippen LogP contribution >= 0.6 is 11.8 Å². The van der Waals surface area contributed by atoms with Crippen LogP contribution < -0.4 is 21.7 Å². The third-order valence-electron chi connectivity index (χ3n) is 5.36. The zero-order valence-corrected chi connectivity index (χ0v) is 21.4. The summed E-state index contributed by atoms with van der Waals surface area (Å²) >= 11 is 1.58. The standard InChI is InChI=1S/C24H38N4O5S/c1-14(2)19(22(30)26-18(24(32)33)13-16-9-7-6-8-10-16)28-23(31)20(15(3)4)27-21(29)17(25)11-12-34-5/h6-10,14-15,17-20H,11-13,25H2,1-5H3,(H,26,30)(H,27,29)(H,28,31)(H,32,33). The first-order chi connectivity index (χ1) is 16.0. The minimum absolute atomic E-state index is 0.110. The molecule has 1 aromatic rings. The molecule has 0 saturated carbocycles. The maximum absolute atomic E-state index is 13.0. The van der Waals surface area contributed by atoms with Gasteiger partial charge in [-0.1, -0.05) is 58.0 Å². The monoisotopic (exact) mass is 494 g/mol. The summed E-state index contributed by atoms with van der Waals surface area (Å²) < 4.78 is 0. The van der Waals surface area contributed by atoms with E-state index in [1.807, 2.05) is 12.3 Å². The molecule has 4 unspecified atom stereocenters. The van der Waals surface area contributed by atoms with Gasteiger partial charge in [0.25, 0.3) is 0 Å². The van der Waals surface area contributed by atoms with Crippen LogP contribution in [0.3, 0.4) is 0 Å². The molecule has 3 amide bonds. The van der Waals surface area contributed by atoms with Gasteiger partial charge in [0.2, 0.25) is 17.7 Å². The number of hydrogen-bond acceptors (Lipinski definition) is 6. The number of thioether (sulfide) groups is 1. The van der Waals surface area contributed by atoms with Gasteiger partial charge in [-0.15, -0.1) is 0 Å². The zero-order valence-electron chi connectivity index (χ0n) is 20.5. The van der Waals surface area contributed by atoms with Crippen molar-refractivity contribution in [3.63, 3.8) is 0 Å². The van der Waals surface area contributed by atoms with Gasteiger partial charge >= 0.3 is 5.97 Å². The van der Waals surface area contributed by atoms with E-state index >= 15 is 0 Å². The highest BCUT2D eigenvalue weighted by atomic mass is 32.2. The molecular formula is C24H38N4O5S. The third-order valence-corrected chi connectivity index (χ3v) is 6.00. The van der Waals surface area contributed by atoms with E-state index in [9.17, 15) is 24.3 Å². The molecule has 6 N–H and O–H groups in total. The predicted molar refractivity (Wildman–Crippen MR) is 134 cm³/mol. The minimum atomic E-state index is -1.17. The summed E-state index contributed by atoms with van der Waals surface area (Å²) in [4.78, 5) is 50.2. The number of aliphatic carboxylic acids is 1. The molecule has 4 atom stereocenters. The first-order valence-electron chi connectivity index (χ1n) is 11.4. The molecule has 1 rings (SSSR count). The quantitative estimate of drug-likeness (QED) is 0.260. The molecule has 0 spiro atoms. The number of amides is 3. The van der Waals surface area contributed by atoms with Crippen LogP contribution in [0, 0.1) is 11.8 Å². The summed E-state index contributed by atoms with van der Waals surface area (Å²) in [6.07, 6.45) is 2.51. The van der Waals surface area contributed by atoms with Gasteiger partial charge in [0, 0.05) is 6.42 Å². The second-order valence-electron chi connectivity index (χ2n) is 8.94. The van der Waals surface area contributed by atoms with Crippen LogP contribution in [0.5, 0.6) is 0 Å². The highest BCUT2D eigenvalue weighted by molar-refractivity contribution is 7.98. The number of carboxylic acids is 1. The van der Waals surface area contributed by atoms with Crippen molar-refractivity contribution in [2.24, 2.45) is 17.6 Å². The van der Waals surface area contributed by atoms with E-state index in [1.165, 1.54) is 0 Å². The van der Waals surface area contributed by atoms with Crippen molar-refractivity contribution in [1.29, 1.82) is 0 Å². The molecule has 0 aliphatic heterocycles. The number of nitrogens with two attached hydrogens (primary N) is 1. The normalized spacial score (nSPS) is 14.7. The number of hydrogen-bond donors (Lipinski definition) is 5. The molecule has 34 heavy (non-hydrogen) atoms. The van der Waals surface area contributed by atoms with E-state index in [1.54, 1.807) is 63.7 Å². The number of carboxylic acid groups (broad SMARTS) is 1. The Balaban J connectivity index is 2.90. The number of carbonyl (C=O) groups excluding carboxylic acids is 3. The highest BCUT2D eigenvalue weighted by Gasteiger charge is 2.33. The van der Waals surface area contributed by atoms with Gasteiger partial charge in [0.15, 0.2) is 0 Å². The van der Waals surface area contributed by atoms with Crippen molar-refractivity contribution in [3.8, 4) is 0 Å². The van der Waals surface area contributed by atoms with Crippen LogP contribution in [0.4, 0.5) is 0 Å². The van der Waals surface area contributed by atoms with Crippen LogP contribution in [0.25, 0.3) is 0 Å². The Labute approximate surface area is 206 Å². The van der Waals surface area contributed by atoms with Gasteiger partial charge in [0.1, 0.15) is 18.1 Å². The van der Waals surface area contributed by atoms with E-state index in [0.29, 0.717) is 6.42 Å². The van der Waals surface area contributed by atoms with Crippen LogP contribution in [-0.2, 0) is 25.6 Å². The second kappa shape index (κ2) is 14.6. The predicted octanol–water partition coefficient (Wildman–Crippen LogP) is 1.16. The van der Waals surface area contributed by atoms with Gasteiger partial charge in [-0.3, -0.25) is 14.4 Å². The molecule has 0 saturated heterocycles. The average molecular weight is 495 g/mol. The Kier molecular flexibility index (Phi) is 12.7. The molecule has 0 aliphatic carbocycles. The molecule has 1 aromatic carbocycles. The molecular weight excluding hydrogens is 456 g/mol. The topological polar surface area (TPSA) is 151 Å². The molecule has 0 fully saturated rings. The van der Waals surface area contributed by atoms with E-state index < -0.39 is 47.9 Å². The Morgan fingerprint density at radius 2 is 1.38 bits per heavy atom. The smallest absolute Gasteiger partial charge is 0.326 e. The fourth-order valence-electron chi connectivity index (χ4n) is 3.26. The molecule has 0 heterocycles. The highest BCUT2D eigenvalue weighted by Crippen LogP contribution is 2.09. The molecule has 190 valence electrons. The third kappa shape index (κ3) is 9.72. The molecule has 0 aliphatic rings. The largest absolute Gasteiger partial charge is 0.480 e. The molecule has 10 heteroatoms. The van der Waals surface area contributed by atoms with E-state index in [-0.39, 0.29) is 18.3 Å². The van der Waals surface area contributed by atoms with Crippen LogP contribution in [0.2, 0.25) is 0 Å². The summed E-state index contributed by atoms with van der Waals surface area (Å²) in [6.45, 7) is 7.06. The molecule has 9 nitrogen and oxygen atoms in total. The lowest BCUT2D eigenvalue weighted by atomic mass is 9.98. The second-order valence-corrected chi connectivity index (χ2v) is 9.92. The number of carbonyl (C=O) groups is 4. The number of rotatable bonds is 14. The van der Waals surface area contributed by atoms with Gasteiger partial charge in [0.05, 0.1) is 6.04 Å². The van der Waals surface area contributed by atoms with Crippen LogP contribution in [-0.4, -0.2) is 65.0 Å². The van der Waals surface area contributed by atoms with Crippen LogP contribution in [0.1, 0.15) is 39.7 Å².